The highest BCUT2D eigenvalue weighted by atomic mass is 35.5. The zero-order valence-corrected chi connectivity index (χ0v) is 19.0. The molecule has 8 heteroatoms. The Hall–Kier alpha value is -3.45. The summed E-state index contributed by atoms with van der Waals surface area (Å²) in [4.78, 5) is 29.8. The minimum Gasteiger partial charge on any atom is -0.402 e. The molecule has 33 heavy (non-hydrogen) atoms. The summed E-state index contributed by atoms with van der Waals surface area (Å²) >= 11 is 6.03. The van der Waals surface area contributed by atoms with Gasteiger partial charge in [-0.3, -0.25) is 10.1 Å². The Balaban J connectivity index is 1.39. The summed E-state index contributed by atoms with van der Waals surface area (Å²) in [6.45, 7) is 2.56. The van der Waals surface area contributed by atoms with E-state index in [0.717, 1.165) is 24.3 Å². The van der Waals surface area contributed by atoms with Crippen LogP contribution in [0.15, 0.2) is 65.6 Å². The van der Waals surface area contributed by atoms with Crippen LogP contribution in [0.25, 0.3) is 0 Å². The van der Waals surface area contributed by atoms with Gasteiger partial charge in [-0.15, -0.1) is 0 Å². The molecule has 3 N–H and O–H groups in total. The summed E-state index contributed by atoms with van der Waals surface area (Å²) in [5.74, 6) is -0.0757. The fourth-order valence-corrected chi connectivity index (χ4v) is 4.12. The molecule has 172 valence electrons. The van der Waals surface area contributed by atoms with Gasteiger partial charge in [0, 0.05) is 42.2 Å². The number of H-pyrrole nitrogens is 1. The first kappa shape index (κ1) is 22.7. The number of anilines is 3. The Kier molecular flexibility index (Phi) is 7.52. The molecular formula is C25H27ClN4O3. The molecule has 1 saturated heterocycles. The summed E-state index contributed by atoms with van der Waals surface area (Å²) in [7, 11) is 0. The molecule has 0 atom stereocenters. The number of pyridine rings is 1. The maximum absolute atomic E-state index is 12.6. The highest BCUT2D eigenvalue weighted by molar-refractivity contribution is 6.30. The van der Waals surface area contributed by atoms with Gasteiger partial charge in [-0.05, 0) is 67.6 Å². The third-order valence-corrected chi connectivity index (χ3v) is 5.78. The first-order chi connectivity index (χ1) is 16.1. The number of aromatic nitrogens is 1. The van der Waals surface area contributed by atoms with E-state index in [0.29, 0.717) is 29.4 Å². The molecule has 0 radical (unpaired) electrons. The summed E-state index contributed by atoms with van der Waals surface area (Å²) < 4.78 is 5.40. The van der Waals surface area contributed by atoms with Gasteiger partial charge >= 0.3 is 6.09 Å². The molecule has 0 aliphatic carbocycles. The number of amides is 1. The Morgan fingerprint density at radius 3 is 2.70 bits per heavy atom. The molecule has 7 nitrogen and oxygen atoms in total. The fourth-order valence-electron chi connectivity index (χ4n) is 3.91. The number of carbonyl (C=O) groups excluding carboxylic acids is 1. The van der Waals surface area contributed by atoms with Crippen molar-refractivity contribution in [3.05, 3.63) is 81.7 Å². The van der Waals surface area contributed by atoms with Gasteiger partial charge in [0.2, 0.25) is 5.75 Å². The van der Waals surface area contributed by atoms with Crippen molar-refractivity contribution in [1.29, 1.82) is 0 Å². The second-order valence-corrected chi connectivity index (χ2v) is 8.41. The standard InChI is InChI=1S/C25H27ClN4O3/c26-19-7-4-6-18(16-19)10-12-27-22-11-13-28-24(31)23(22)33-25(32)29-20-8-5-9-21(17-20)30-14-2-1-3-15-30/h4-9,11,13,16-17H,1-3,10,12,14-15H2,(H,29,32)(H2,27,28,31). The molecule has 1 fully saturated rings. The molecule has 0 bridgehead atoms. The van der Waals surface area contributed by atoms with Crippen molar-refractivity contribution in [3.63, 3.8) is 0 Å². The van der Waals surface area contributed by atoms with Crippen molar-refractivity contribution in [2.24, 2.45) is 0 Å². The Morgan fingerprint density at radius 2 is 1.88 bits per heavy atom. The Morgan fingerprint density at radius 1 is 1.06 bits per heavy atom. The number of nitrogens with one attached hydrogen (secondary N) is 3. The molecule has 0 unspecified atom stereocenters. The van der Waals surface area contributed by atoms with E-state index < -0.39 is 11.7 Å². The van der Waals surface area contributed by atoms with Gasteiger partial charge in [0.15, 0.2) is 0 Å². The quantitative estimate of drug-likeness (QED) is 0.440. The summed E-state index contributed by atoms with van der Waals surface area (Å²) in [5, 5.41) is 6.57. The van der Waals surface area contributed by atoms with Crippen LogP contribution in [0.3, 0.4) is 0 Å². The van der Waals surface area contributed by atoms with Gasteiger partial charge in [0.05, 0.1) is 5.69 Å². The Labute approximate surface area is 197 Å². The largest absolute Gasteiger partial charge is 0.417 e. The van der Waals surface area contributed by atoms with Crippen LogP contribution in [0.4, 0.5) is 21.9 Å². The van der Waals surface area contributed by atoms with Crippen molar-refractivity contribution in [2.75, 3.05) is 35.2 Å². The summed E-state index contributed by atoms with van der Waals surface area (Å²) in [6.07, 6.45) is 5.08. The lowest BCUT2D eigenvalue weighted by molar-refractivity contribution is 0.215. The number of piperidine rings is 1. The van der Waals surface area contributed by atoms with Gasteiger partial charge < -0.3 is 19.9 Å². The van der Waals surface area contributed by atoms with Gasteiger partial charge in [-0.25, -0.2) is 4.79 Å². The van der Waals surface area contributed by atoms with Crippen LogP contribution in [-0.4, -0.2) is 30.7 Å². The van der Waals surface area contributed by atoms with E-state index in [4.69, 9.17) is 16.3 Å². The van der Waals surface area contributed by atoms with Crippen molar-refractivity contribution >= 4 is 34.8 Å². The molecule has 4 rings (SSSR count). The third kappa shape index (κ3) is 6.29. The predicted octanol–water partition coefficient (Wildman–Crippen LogP) is 5.28. The van der Waals surface area contributed by atoms with E-state index in [1.165, 1.54) is 25.5 Å². The van der Waals surface area contributed by atoms with E-state index in [1.807, 2.05) is 42.5 Å². The molecule has 1 aromatic heterocycles. The zero-order valence-electron chi connectivity index (χ0n) is 18.3. The third-order valence-electron chi connectivity index (χ3n) is 5.54. The minimum atomic E-state index is -0.722. The van der Waals surface area contributed by atoms with E-state index >= 15 is 0 Å². The van der Waals surface area contributed by atoms with Crippen LogP contribution in [0.1, 0.15) is 24.8 Å². The monoisotopic (exact) mass is 466 g/mol. The number of hydrogen-bond acceptors (Lipinski definition) is 5. The first-order valence-corrected chi connectivity index (χ1v) is 11.5. The number of ether oxygens (including phenoxy) is 1. The molecule has 1 aliphatic heterocycles. The molecule has 3 aromatic rings. The normalized spacial score (nSPS) is 13.4. The van der Waals surface area contributed by atoms with E-state index in [9.17, 15) is 9.59 Å². The number of rotatable bonds is 7. The number of halogens is 1. The predicted molar refractivity (Wildman–Crippen MR) is 133 cm³/mol. The lowest BCUT2D eigenvalue weighted by Gasteiger charge is -2.29. The van der Waals surface area contributed by atoms with Gasteiger partial charge in [0.25, 0.3) is 5.56 Å². The van der Waals surface area contributed by atoms with E-state index in [2.05, 4.69) is 20.5 Å². The molecule has 1 aliphatic rings. The lowest BCUT2D eigenvalue weighted by Crippen LogP contribution is -2.29. The van der Waals surface area contributed by atoms with Crippen molar-refractivity contribution in [1.82, 2.24) is 4.98 Å². The molecule has 1 amide bonds. The molecule has 2 aromatic carbocycles. The number of carbonyl (C=O) groups is 1. The summed E-state index contributed by atoms with van der Waals surface area (Å²) in [6, 6.07) is 16.9. The van der Waals surface area contributed by atoms with E-state index in [1.54, 1.807) is 12.1 Å². The van der Waals surface area contributed by atoms with Crippen LogP contribution >= 0.6 is 11.6 Å². The summed E-state index contributed by atoms with van der Waals surface area (Å²) in [5.41, 5.74) is 2.70. The SMILES string of the molecule is O=C(Nc1cccc(N2CCCCC2)c1)Oc1c(NCCc2cccc(Cl)c2)cc[nH]c1=O. The number of hydrogen-bond donors (Lipinski definition) is 3. The van der Waals surface area contributed by atoms with Crippen molar-refractivity contribution in [3.8, 4) is 5.75 Å². The first-order valence-electron chi connectivity index (χ1n) is 11.1. The highest BCUT2D eigenvalue weighted by Crippen LogP contribution is 2.24. The molecule has 2 heterocycles. The van der Waals surface area contributed by atoms with Gasteiger partial charge in [-0.2, -0.15) is 0 Å². The van der Waals surface area contributed by atoms with Crippen LogP contribution in [0, 0.1) is 0 Å². The zero-order chi connectivity index (χ0) is 23.0. The number of benzene rings is 2. The Bertz CT molecular complexity index is 1160. The lowest BCUT2D eigenvalue weighted by atomic mass is 10.1. The molecule has 0 saturated carbocycles. The van der Waals surface area contributed by atoms with E-state index in [-0.39, 0.29) is 5.75 Å². The van der Waals surface area contributed by atoms with Crippen molar-refractivity contribution < 1.29 is 9.53 Å². The van der Waals surface area contributed by atoms with Crippen LogP contribution < -0.4 is 25.8 Å². The second kappa shape index (κ2) is 10.9. The molecule has 0 spiro atoms. The molecular weight excluding hydrogens is 440 g/mol. The number of aromatic amines is 1. The maximum atomic E-state index is 12.6. The second-order valence-electron chi connectivity index (χ2n) is 7.97. The van der Waals surface area contributed by atoms with Crippen LogP contribution in [-0.2, 0) is 6.42 Å². The van der Waals surface area contributed by atoms with Crippen LogP contribution in [0.2, 0.25) is 5.02 Å². The topological polar surface area (TPSA) is 86.5 Å². The van der Waals surface area contributed by atoms with Crippen molar-refractivity contribution in [2.45, 2.75) is 25.7 Å². The van der Waals surface area contributed by atoms with Crippen LogP contribution in [0.5, 0.6) is 5.75 Å². The maximum Gasteiger partial charge on any atom is 0.417 e. The average molecular weight is 467 g/mol. The highest BCUT2D eigenvalue weighted by Gasteiger charge is 2.15. The fraction of sp³-hybridized carbons (Fsp3) is 0.280. The average Bonchev–Trinajstić information content (AvgIpc) is 2.82. The number of nitrogens with zero attached hydrogens (tertiary/aromatic N) is 1. The smallest absolute Gasteiger partial charge is 0.402 e. The minimum absolute atomic E-state index is 0.0757. The van der Waals surface area contributed by atoms with Gasteiger partial charge in [0.1, 0.15) is 0 Å². The van der Waals surface area contributed by atoms with Gasteiger partial charge in [-0.1, -0.05) is 29.8 Å².